The first-order valence-corrected chi connectivity index (χ1v) is 6.89. The van der Waals surface area contributed by atoms with E-state index in [1.54, 1.807) is 45.0 Å². The quantitative estimate of drug-likeness (QED) is 0.817. The first kappa shape index (κ1) is 12.7. The first-order chi connectivity index (χ1) is 8.32. The van der Waals surface area contributed by atoms with E-state index in [4.69, 9.17) is 0 Å². The third-order valence-electron chi connectivity index (χ3n) is 2.57. The minimum absolute atomic E-state index is 0.298. The molecule has 1 aromatic carbocycles. The summed E-state index contributed by atoms with van der Waals surface area (Å²) in [5, 5.41) is 10.8. The van der Waals surface area contributed by atoms with Crippen molar-refractivity contribution in [1.29, 1.82) is 0 Å². The zero-order valence-corrected chi connectivity index (χ0v) is 11.2. The predicted octanol–water partition coefficient (Wildman–Crippen LogP) is 1.23. The average Bonchev–Trinajstić information content (AvgIpc) is 2.81. The Morgan fingerprint density at radius 3 is 2.17 bits per heavy atom. The number of sulfone groups is 1. The van der Waals surface area contributed by atoms with Crippen LogP contribution in [0.15, 0.2) is 35.5 Å². The molecule has 0 fully saturated rings. The molecule has 1 aromatic heterocycles. The molecule has 0 spiro atoms. The van der Waals surface area contributed by atoms with Gasteiger partial charge in [-0.05, 0) is 55.5 Å². The van der Waals surface area contributed by atoms with Gasteiger partial charge in [0.25, 0.3) is 0 Å². The zero-order valence-electron chi connectivity index (χ0n) is 10.4. The molecule has 2 aromatic rings. The summed E-state index contributed by atoms with van der Waals surface area (Å²) in [5.41, 5.74) is 0.716. The Hall–Kier alpha value is -1.76. The summed E-state index contributed by atoms with van der Waals surface area (Å²) in [6.07, 6.45) is 1.45. The van der Waals surface area contributed by atoms with Crippen LogP contribution in [0.5, 0.6) is 0 Å². The lowest BCUT2D eigenvalue weighted by Crippen LogP contribution is -2.27. The Bertz CT molecular complexity index is 625. The standard InChI is InChI=1S/C11H14N4O2S/c1-11(2,3)18(16,17)10-6-4-9(5-7-10)15-8-12-13-14-15/h4-8H,1-3H3. The van der Waals surface area contributed by atoms with E-state index >= 15 is 0 Å². The van der Waals surface area contributed by atoms with E-state index in [1.165, 1.54) is 11.0 Å². The third-order valence-corrected chi connectivity index (χ3v) is 5.07. The van der Waals surface area contributed by atoms with Crippen LogP contribution in [-0.4, -0.2) is 33.4 Å². The first-order valence-electron chi connectivity index (χ1n) is 5.40. The zero-order chi connectivity index (χ0) is 13.4. The van der Waals surface area contributed by atoms with Crippen LogP contribution >= 0.6 is 0 Å². The Morgan fingerprint density at radius 2 is 1.72 bits per heavy atom. The summed E-state index contributed by atoms with van der Waals surface area (Å²) >= 11 is 0. The van der Waals surface area contributed by atoms with E-state index in [1.807, 2.05) is 0 Å². The van der Waals surface area contributed by atoms with Gasteiger partial charge in [0, 0.05) is 0 Å². The van der Waals surface area contributed by atoms with Gasteiger partial charge in [0.1, 0.15) is 6.33 Å². The molecule has 0 unspecified atom stereocenters. The second kappa shape index (κ2) is 4.16. The molecule has 0 aliphatic rings. The molecule has 96 valence electrons. The maximum atomic E-state index is 12.2. The van der Waals surface area contributed by atoms with Crippen molar-refractivity contribution < 1.29 is 8.42 Å². The monoisotopic (exact) mass is 266 g/mol. The molecule has 0 radical (unpaired) electrons. The normalized spacial score (nSPS) is 12.6. The fourth-order valence-electron chi connectivity index (χ4n) is 1.41. The molecule has 1 heterocycles. The minimum atomic E-state index is -3.32. The van der Waals surface area contributed by atoms with Crippen molar-refractivity contribution in [3.05, 3.63) is 30.6 Å². The SMILES string of the molecule is CC(C)(C)S(=O)(=O)c1ccc(-n2cnnn2)cc1. The highest BCUT2D eigenvalue weighted by Crippen LogP contribution is 2.25. The van der Waals surface area contributed by atoms with Crippen molar-refractivity contribution in [2.24, 2.45) is 0 Å². The maximum Gasteiger partial charge on any atom is 0.183 e. The lowest BCUT2D eigenvalue weighted by atomic mass is 10.3. The van der Waals surface area contributed by atoms with Crippen molar-refractivity contribution in [2.45, 2.75) is 30.4 Å². The molecule has 0 aliphatic heterocycles. The molecule has 7 heteroatoms. The van der Waals surface area contributed by atoms with Crippen molar-refractivity contribution in [1.82, 2.24) is 20.2 Å². The molecule has 2 rings (SSSR count). The molecule has 0 bridgehead atoms. The summed E-state index contributed by atoms with van der Waals surface area (Å²) in [7, 11) is -3.32. The highest BCUT2D eigenvalue weighted by atomic mass is 32.2. The smallest absolute Gasteiger partial charge is 0.183 e. The Labute approximate surface area is 106 Å². The van der Waals surface area contributed by atoms with Crippen LogP contribution in [0.25, 0.3) is 5.69 Å². The number of aromatic nitrogens is 4. The molecule has 6 nitrogen and oxygen atoms in total. The summed E-state index contributed by atoms with van der Waals surface area (Å²) < 4.78 is 25.1. The van der Waals surface area contributed by atoms with Gasteiger partial charge in [-0.3, -0.25) is 0 Å². The topological polar surface area (TPSA) is 77.7 Å². The molecule has 0 saturated carbocycles. The summed E-state index contributed by atoms with van der Waals surface area (Å²) in [6.45, 7) is 5.03. The lowest BCUT2D eigenvalue weighted by Gasteiger charge is -2.19. The largest absolute Gasteiger partial charge is 0.223 e. The highest BCUT2D eigenvalue weighted by Gasteiger charge is 2.30. The summed E-state index contributed by atoms with van der Waals surface area (Å²) in [6, 6.07) is 6.49. The molecule has 0 aliphatic carbocycles. The fourth-order valence-corrected chi connectivity index (χ4v) is 2.61. The van der Waals surface area contributed by atoms with Crippen LogP contribution in [0.3, 0.4) is 0 Å². The van der Waals surface area contributed by atoms with E-state index in [-0.39, 0.29) is 0 Å². The second-order valence-corrected chi connectivity index (χ2v) is 7.57. The number of nitrogens with zero attached hydrogens (tertiary/aromatic N) is 4. The summed E-state index contributed by atoms with van der Waals surface area (Å²) in [4.78, 5) is 0.298. The lowest BCUT2D eigenvalue weighted by molar-refractivity contribution is 0.560. The van der Waals surface area contributed by atoms with Crippen LogP contribution in [-0.2, 0) is 9.84 Å². The van der Waals surface area contributed by atoms with Crippen LogP contribution in [0.2, 0.25) is 0 Å². The minimum Gasteiger partial charge on any atom is -0.223 e. The maximum absolute atomic E-state index is 12.2. The molecule has 0 N–H and O–H groups in total. The van der Waals surface area contributed by atoms with Crippen molar-refractivity contribution in [3.8, 4) is 5.69 Å². The molecule has 0 atom stereocenters. The van der Waals surface area contributed by atoms with E-state index in [0.29, 0.717) is 10.6 Å². The van der Waals surface area contributed by atoms with Gasteiger partial charge >= 0.3 is 0 Å². The van der Waals surface area contributed by atoms with Gasteiger partial charge in [-0.15, -0.1) is 5.10 Å². The van der Waals surface area contributed by atoms with E-state index in [0.717, 1.165) is 0 Å². The molecular formula is C11H14N4O2S. The number of benzene rings is 1. The van der Waals surface area contributed by atoms with Crippen LogP contribution in [0.4, 0.5) is 0 Å². The number of tetrazole rings is 1. The van der Waals surface area contributed by atoms with Gasteiger partial charge < -0.3 is 0 Å². The fraction of sp³-hybridized carbons (Fsp3) is 0.364. The Balaban J connectivity index is 2.40. The van der Waals surface area contributed by atoms with E-state index in [9.17, 15) is 8.42 Å². The van der Waals surface area contributed by atoms with Gasteiger partial charge in [-0.2, -0.15) is 0 Å². The van der Waals surface area contributed by atoms with Crippen LogP contribution in [0.1, 0.15) is 20.8 Å². The van der Waals surface area contributed by atoms with Crippen molar-refractivity contribution in [2.75, 3.05) is 0 Å². The van der Waals surface area contributed by atoms with Gasteiger partial charge in [-0.25, -0.2) is 13.1 Å². The number of hydrogen-bond acceptors (Lipinski definition) is 5. The van der Waals surface area contributed by atoms with E-state index in [2.05, 4.69) is 15.5 Å². The molecular weight excluding hydrogens is 252 g/mol. The Kier molecular flexibility index (Phi) is 2.94. The van der Waals surface area contributed by atoms with Crippen molar-refractivity contribution in [3.63, 3.8) is 0 Å². The Morgan fingerprint density at radius 1 is 1.11 bits per heavy atom. The third kappa shape index (κ3) is 2.13. The second-order valence-electron chi connectivity index (χ2n) is 4.86. The van der Waals surface area contributed by atoms with Gasteiger partial charge in [-0.1, -0.05) is 0 Å². The van der Waals surface area contributed by atoms with Crippen LogP contribution < -0.4 is 0 Å². The van der Waals surface area contributed by atoms with Gasteiger partial charge in [0.15, 0.2) is 9.84 Å². The highest BCUT2D eigenvalue weighted by molar-refractivity contribution is 7.92. The number of rotatable bonds is 2. The predicted molar refractivity (Wildman–Crippen MR) is 66.1 cm³/mol. The van der Waals surface area contributed by atoms with Gasteiger partial charge in [0.2, 0.25) is 0 Å². The molecule has 0 amide bonds. The average molecular weight is 266 g/mol. The molecule has 0 saturated heterocycles. The number of hydrogen-bond donors (Lipinski definition) is 0. The van der Waals surface area contributed by atoms with Crippen LogP contribution in [0, 0.1) is 0 Å². The van der Waals surface area contributed by atoms with Crippen molar-refractivity contribution >= 4 is 9.84 Å². The van der Waals surface area contributed by atoms with E-state index < -0.39 is 14.6 Å². The van der Waals surface area contributed by atoms with Gasteiger partial charge in [0.05, 0.1) is 15.3 Å². The molecule has 18 heavy (non-hydrogen) atoms. The summed E-state index contributed by atoms with van der Waals surface area (Å²) in [5.74, 6) is 0.